The Morgan fingerprint density at radius 2 is 1.93 bits per heavy atom. The second-order valence-corrected chi connectivity index (χ2v) is 7.74. The van der Waals surface area contributed by atoms with Crippen molar-refractivity contribution >= 4 is 34.2 Å². The molecule has 30 heavy (non-hydrogen) atoms. The number of anilines is 1. The fraction of sp³-hybridized carbons (Fsp3) is 0.130. The van der Waals surface area contributed by atoms with Crippen molar-refractivity contribution in [2.75, 3.05) is 18.6 Å². The van der Waals surface area contributed by atoms with Gasteiger partial charge in [0.25, 0.3) is 5.91 Å². The topological polar surface area (TPSA) is 62.7 Å². The van der Waals surface area contributed by atoms with Crippen LogP contribution in [0.3, 0.4) is 0 Å². The molecule has 2 aromatic carbocycles. The van der Waals surface area contributed by atoms with Crippen LogP contribution in [-0.4, -0.2) is 24.8 Å². The average molecular weight is 421 g/mol. The SMILES string of the molecule is Cc1ccc(C(COC2=C(c3cccs3)C(=O)NC2)=NNc2ccc(F)cc2)cc1. The number of amides is 1. The fourth-order valence-electron chi connectivity index (χ4n) is 3.00. The molecule has 1 amide bonds. The highest BCUT2D eigenvalue weighted by atomic mass is 32.1. The van der Waals surface area contributed by atoms with E-state index in [0.717, 1.165) is 16.0 Å². The molecule has 0 atom stereocenters. The number of carbonyl (C=O) groups excluding carboxylic acids is 1. The number of rotatable bonds is 7. The van der Waals surface area contributed by atoms with E-state index >= 15 is 0 Å². The Bertz CT molecular complexity index is 1090. The third kappa shape index (κ3) is 4.58. The number of nitrogens with one attached hydrogen (secondary N) is 2. The molecule has 0 aliphatic carbocycles. The number of nitrogens with zero attached hydrogens (tertiary/aromatic N) is 1. The first-order valence-corrected chi connectivity index (χ1v) is 10.3. The highest BCUT2D eigenvalue weighted by Gasteiger charge is 2.26. The molecule has 0 radical (unpaired) electrons. The van der Waals surface area contributed by atoms with Crippen LogP contribution in [-0.2, 0) is 9.53 Å². The zero-order valence-corrected chi connectivity index (χ0v) is 17.1. The van der Waals surface area contributed by atoms with Gasteiger partial charge in [-0.05, 0) is 42.6 Å². The lowest BCUT2D eigenvalue weighted by molar-refractivity contribution is -0.114. The molecule has 0 unspecified atom stereocenters. The zero-order chi connectivity index (χ0) is 20.9. The third-order valence-electron chi connectivity index (χ3n) is 4.62. The van der Waals surface area contributed by atoms with Gasteiger partial charge in [0.2, 0.25) is 0 Å². The Balaban J connectivity index is 1.58. The third-order valence-corrected chi connectivity index (χ3v) is 5.50. The van der Waals surface area contributed by atoms with Crippen LogP contribution in [0.4, 0.5) is 10.1 Å². The highest BCUT2D eigenvalue weighted by molar-refractivity contribution is 7.11. The summed E-state index contributed by atoms with van der Waals surface area (Å²) in [6.45, 7) is 2.54. The minimum Gasteiger partial charge on any atom is -0.489 e. The lowest BCUT2D eigenvalue weighted by Crippen LogP contribution is -2.18. The summed E-state index contributed by atoms with van der Waals surface area (Å²) in [6.07, 6.45) is 0. The molecule has 2 N–H and O–H groups in total. The molecule has 0 saturated heterocycles. The second kappa shape index (κ2) is 8.92. The summed E-state index contributed by atoms with van der Waals surface area (Å²) in [5.74, 6) is 0.160. The van der Waals surface area contributed by atoms with Crippen molar-refractivity contribution in [1.82, 2.24) is 5.32 Å². The van der Waals surface area contributed by atoms with E-state index < -0.39 is 0 Å². The lowest BCUT2D eigenvalue weighted by atomic mass is 10.1. The number of halogens is 1. The van der Waals surface area contributed by atoms with Crippen LogP contribution in [0.1, 0.15) is 16.0 Å². The molecule has 0 spiro atoms. The van der Waals surface area contributed by atoms with Crippen LogP contribution in [0.25, 0.3) is 5.57 Å². The number of aryl methyl sites for hydroxylation is 1. The van der Waals surface area contributed by atoms with E-state index in [1.54, 1.807) is 12.1 Å². The van der Waals surface area contributed by atoms with E-state index in [4.69, 9.17) is 4.74 Å². The first-order chi connectivity index (χ1) is 14.6. The number of hydrogen-bond donors (Lipinski definition) is 2. The van der Waals surface area contributed by atoms with Gasteiger partial charge in [0.15, 0.2) is 0 Å². The minimum atomic E-state index is -0.307. The van der Waals surface area contributed by atoms with Crippen LogP contribution in [0, 0.1) is 12.7 Å². The molecule has 0 saturated carbocycles. The summed E-state index contributed by atoms with van der Waals surface area (Å²) in [5, 5.41) is 9.23. The highest BCUT2D eigenvalue weighted by Crippen LogP contribution is 2.27. The molecule has 1 aromatic heterocycles. The van der Waals surface area contributed by atoms with Gasteiger partial charge in [-0.15, -0.1) is 11.3 Å². The summed E-state index contributed by atoms with van der Waals surface area (Å²) >= 11 is 1.50. The molecule has 0 bridgehead atoms. The molecular weight excluding hydrogens is 401 g/mol. The summed E-state index contributed by atoms with van der Waals surface area (Å²) in [7, 11) is 0. The first kappa shape index (κ1) is 19.8. The van der Waals surface area contributed by atoms with E-state index in [-0.39, 0.29) is 18.3 Å². The Morgan fingerprint density at radius 3 is 2.63 bits per heavy atom. The van der Waals surface area contributed by atoms with Crippen LogP contribution in [0.2, 0.25) is 0 Å². The van der Waals surface area contributed by atoms with Crippen LogP contribution < -0.4 is 10.7 Å². The Kier molecular flexibility index (Phi) is 5.90. The van der Waals surface area contributed by atoms with Gasteiger partial charge < -0.3 is 10.1 Å². The zero-order valence-electron chi connectivity index (χ0n) is 16.3. The van der Waals surface area contributed by atoms with Crippen LogP contribution >= 0.6 is 11.3 Å². The van der Waals surface area contributed by atoms with Crippen molar-refractivity contribution in [3.8, 4) is 0 Å². The maximum Gasteiger partial charge on any atom is 0.256 e. The van der Waals surface area contributed by atoms with Crippen molar-refractivity contribution in [1.29, 1.82) is 0 Å². The monoisotopic (exact) mass is 421 g/mol. The normalized spacial score (nSPS) is 14.1. The van der Waals surface area contributed by atoms with Gasteiger partial charge in [-0.2, -0.15) is 5.10 Å². The summed E-state index contributed by atoms with van der Waals surface area (Å²) in [5.41, 5.74) is 6.88. The summed E-state index contributed by atoms with van der Waals surface area (Å²) in [4.78, 5) is 13.1. The van der Waals surface area contributed by atoms with Gasteiger partial charge in [-0.25, -0.2) is 4.39 Å². The number of benzene rings is 2. The van der Waals surface area contributed by atoms with Crippen molar-refractivity contribution in [3.05, 3.63) is 93.6 Å². The molecule has 3 aromatic rings. The Labute approximate surface area is 177 Å². The van der Waals surface area contributed by atoms with E-state index in [2.05, 4.69) is 15.8 Å². The standard InChI is InChI=1S/C23H20FN3O2S/c1-15-4-6-16(7-5-15)19(27-26-18-10-8-17(24)9-11-18)14-29-20-13-25-23(28)22(20)21-3-2-12-30-21/h2-12,26H,13-14H2,1H3,(H,25,28). The van der Waals surface area contributed by atoms with Gasteiger partial charge >= 0.3 is 0 Å². The van der Waals surface area contributed by atoms with E-state index in [1.165, 1.54) is 23.5 Å². The second-order valence-electron chi connectivity index (χ2n) is 6.79. The van der Waals surface area contributed by atoms with Crippen LogP contribution in [0.15, 0.2) is 76.9 Å². The Hall–Kier alpha value is -3.45. The molecule has 5 nitrogen and oxygen atoms in total. The fourth-order valence-corrected chi connectivity index (χ4v) is 3.78. The molecule has 2 heterocycles. The van der Waals surface area contributed by atoms with Gasteiger partial charge in [-0.1, -0.05) is 35.9 Å². The Morgan fingerprint density at radius 1 is 1.17 bits per heavy atom. The lowest BCUT2D eigenvalue weighted by Gasteiger charge is -2.12. The molecule has 152 valence electrons. The minimum absolute atomic E-state index is 0.134. The van der Waals surface area contributed by atoms with Crippen molar-refractivity contribution in [3.63, 3.8) is 0 Å². The molecule has 7 heteroatoms. The summed E-state index contributed by atoms with van der Waals surface area (Å²) in [6, 6.07) is 17.7. The molecule has 1 aliphatic rings. The van der Waals surface area contributed by atoms with E-state index in [9.17, 15) is 9.18 Å². The molecule has 1 aliphatic heterocycles. The van der Waals surface area contributed by atoms with Crippen molar-refractivity contribution in [2.24, 2.45) is 5.10 Å². The van der Waals surface area contributed by atoms with Gasteiger partial charge in [0.1, 0.15) is 23.9 Å². The summed E-state index contributed by atoms with van der Waals surface area (Å²) < 4.78 is 19.2. The number of ether oxygens (including phenoxy) is 1. The first-order valence-electron chi connectivity index (χ1n) is 9.43. The van der Waals surface area contributed by atoms with Gasteiger partial charge in [0.05, 0.1) is 17.8 Å². The van der Waals surface area contributed by atoms with Gasteiger partial charge in [-0.3, -0.25) is 10.2 Å². The van der Waals surface area contributed by atoms with E-state index in [0.29, 0.717) is 29.3 Å². The maximum atomic E-state index is 13.1. The number of thiophene rings is 1. The number of hydrogen-bond acceptors (Lipinski definition) is 5. The predicted octanol–water partition coefficient (Wildman–Crippen LogP) is 4.57. The smallest absolute Gasteiger partial charge is 0.256 e. The molecular formula is C23H20FN3O2S. The van der Waals surface area contributed by atoms with Gasteiger partial charge in [0, 0.05) is 10.4 Å². The largest absolute Gasteiger partial charge is 0.489 e. The quantitative estimate of drug-likeness (QED) is 0.434. The number of carbonyl (C=O) groups is 1. The van der Waals surface area contributed by atoms with Crippen molar-refractivity contribution in [2.45, 2.75) is 6.92 Å². The molecule has 0 fully saturated rings. The average Bonchev–Trinajstić information content (AvgIpc) is 3.40. The number of hydrazone groups is 1. The van der Waals surface area contributed by atoms with E-state index in [1.807, 2.05) is 48.7 Å². The molecule has 4 rings (SSSR count). The predicted molar refractivity (Wildman–Crippen MR) is 118 cm³/mol. The van der Waals surface area contributed by atoms with Crippen molar-refractivity contribution < 1.29 is 13.9 Å². The van der Waals surface area contributed by atoms with Crippen LogP contribution in [0.5, 0.6) is 0 Å². The maximum absolute atomic E-state index is 13.1.